The number of hydrogen-bond acceptors (Lipinski definition) is 3. The number of ether oxygens (including phenoxy) is 1. The van der Waals surface area contributed by atoms with Gasteiger partial charge in [0.05, 0.1) is 0 Å². The number of aliphatic hydroxyl groups excluding tert-OH is 1. The van der Waals surface area contributed by atoms with Crippen LogP contribution in [0.1, 0.15) is 18.9 Å². The zero-order valence-electron chi connectivity index (χ0n) is 9.15. The second kappa shape index (κ2) is 6.43. The summed E-state index contributed by atoms with van der Waals surface area (Å²) in [5, 5.41) is 9.21. The van der Waals surface area contributed by atoms with Gasteiger partial charge in [-0.25, -0.2) is 0 Å². The molecular weight excluding hydrogens is 190 g/mol. The van der Waals surface area contributed by atoms with E-state index in [1.54, 1.807) is 0 Å². The number of aryl methyl sites for hydroxylation is 1. The third-order valence-electron chi connectivity index (χ3n) is 2.18. The Bertz CT molecular complexity index is 271. The van der Waals surface area contributed by atoms with Gasteiger partial charge in [-0.3, -0.25) is 0 Å². The van der Waals surface area contributed by atoms with E-state index in [4.69, 9.17) is 10.5 Å². The Morgan fingerprint density at radius 3 is 2.53 bits per heavy atom. The van der Waals surface area contributed by atoms with E-state index in [2.05, 4.69) is 6.92 Å². The van der Waals surface area contributed by atoms with Crippen LogP contribution in [-0.4, -0.2) is 24.4 Å². The summed E-state index contributed by atoms with van der Waals surface area (Å²) in [6, 6.07) is 7.95. The third-order valence-corrected chi connectivity index (χ3v) is 2.18. The fraction of sp³-hybridized carbons (Fsp3) is 0.500. The molecule has 0 heterocycles. The maximum Gasteiger partial charge on any atom is 0.119 e. The number of rotatable bonds is 6. The highest BCUT2D eigenvalue weighted by atomic mass is 16.5. The van der Waals surface area contributed by atoms with Gasteiger partial charge >= 0.3 is 0 Å². The van der Waals surface area contributed by atoms with Crippen molar-refractivity contribution in [3.63, 3.8) is 0 Å². The maximum atomic E-state index is 9.21. The van der Waals surface area contributed by atoms with E-state index in [0.29, 0.717) is 0 Å². The van der Waals surface area contributed by atoms with Crippen molar-refractivity contribution in [3.05, 3.63) is 29.8 Å². The summed E-state index contributed by atoms with van der Waals surface area (Å²) in [5.74, 6) is 0.780. The van der Waals surface area contributed by atoms with Gasteiger partial charge in [-0.15, -0.1) is 0 Å². The minimum absolute atomic E-state index is 0.230. The molecule has 84 valence electrons. The second-order valence-electron chi connectivity index (χ2n) is 3.59. The van der Waals surface area contributed by atoms with Gasteiger partial charge in [-0.05, 0) is 24.1 Å². The highest BCUT2D eigenvalue weighted by Crippen LogP contribution is 2.13. The quantitative estimate of drug-likeness (QED) is 0.743. The van der Waals surface area contributed by atoms with E-state index in [0.717, 1.165) is 18.6 Å². The van der Waals surface area contributed by atoms with Crippen molar-refractivity contribution in [2.75, 3.05) is 13.2 Å². The first-order valence-corrected chi connectivity index (χ1v) is 5.36. The minimum Gasteiger partial charge on any atom is -0.491 e. The maximum absolute atomic E-state index is 9.21. The minimum atomic E-state index is -0.583. The Kier molecular flexibility index (Phi) is 5.15. The molecule has 0 amide bonds. The van der Waals surface area contributed by atoms with E-state index >= 15 is 0 Å². The lowest BCUT2D eigenvalue weighted by Crippen LogP contribution is -2.26. The average Bonchev–Trinajstić information content (AvgIpc) is 2.28. The molecule has 0 spiro atoms. The van der Waals surface area contributed by atoms with Crippen LogP contribution in [0, 0.1) is 0 Å². The predicted molar refractivity (Wildman–Crippen MR) is 61.0 cm³/mol. The van der Waals surface area contributed by atoms with E-state index in [1.165, 1.54) is 5.56 Å². The molecule has 0 aliphatic carbocycles. The fourth-order valence-electron chi connectivity index (χ4n) is 1.30. The van der Waals surface area contributed by atoms with Gasteiger partial charge in [-0.2, -0.15) is 0 Å². The Labute approximate surface area is 90.9 Å². The summed E-state index contributed by atoms with van der Waals surface area (Å²) in [4.78, 5) is 0. The molecule has 0 saturated carbocycles. The first-order valence-electron chi connectivity index (χ1n) is 5.36. The summed E-state index contributed by atoms with van der Waals surface area (Å²) in [6.07, 6.45) is 1.65. The molecule has 0 aliphatic rings. The van der Waals surface area contributed by atoms with Crippen molar-refractivity contribution >= 4 is 0 Å². The van der Waals surface area contributed by atoms with Crippen molar-refractivity contribution in [2.45, 2.75) is 25.9 Å². The number of benzene rings is 1. The lowest BCUT2D eigenvalue weighted by atomic mass is 10.1. The lowest BCUT2D eigenvalue weighted by molar-refractivity contribution is 0.114. The van der Waals surface area contributed by atoms with Crippen molar-refractivity contribution in [1.29, 1.82) is 0 Å². The Balaban J connectivity index is 2.42. The van der Waals surface area contributed by atoms with Crippen molar-refractivity contribution < 1.29 is 9.84 Å². The van der Waals surface area contributed by atoms with Crippen LogP contribution in [0.4, 0.5) is 0 Å². The normalized spacial score (nSPS) is 12.5. The summed E-state index contributed by atoms with van der Waals surface area (Å²) >= 11 is 0. The molecule has 1 rings (SSSR count). The van der Waals surface area contributed by atoms with Crippen molar-refractivity contribution in [3.8, 4) is 5.75 Å². The predicted octanol–water partition coefficient (Wildman–Crippen LogP) is 1.34. The van der Waals surface area contributed by atoms with Crippen LogP contribution in [0.25, 0.3) is 0 Å². The Morgan fingerprint density at radius 2 is 2.00 bits per heavy atom. The molecule has 3 N–H and O–H groups in total. The van der Waals surface area contributed by atoms with Gasteiger partial charge in [0.2, 0.25) is 0 Å². The molecule has 1 atom stereocenters. The zero-order chi connectivity index (χ0) is 11.1. The molecule has 1 aromatic rings. The SMILES string of the molecule is CCCc1ccc(OCC(O)CN)cc1. The molecule has 0 bridgehead atoms. The van der Waals surface area contributed by atoms with E-state index in [1.807, 2.05) is 24.3 Å². The van der Waals surface area contributed by atoms with Gasteiger partial charge < -0.3 is 15.6 Å². The summed E-state index contributed by atoms with van der Waals surface area (Å²) in [6.45, 7) is 2.64. The monoisotopic (exact) mass is 209 g/mol. The largest absolute Gasteiger partial charge is 0.491 e. The van der Waals surface area contributed by atoms with Crippen LogP contribution in [0.3, 0.4) is 0 Å². The summed E-state index contributed by atoms with van der Waals surface area (Å²) in [7, 11) is 0. The number of nitrogens with two attached hydrogens (primary N) is 1. The molecule has 0 fully saturated rings. The summed E-state index contributed by atoms with van der Waals surface area (Å²) < 4.78 is 5.36. The molecular formula is C12H19NO2. The standard InChI is InChI=1S/C12H19NO2/c1-2-3-10-4-6-12(7-5-10)15-9-11(14)8-13/h4-7,11,14H,2-3,8-9,13H2,1H3. The molecule has 0 aromatic heterocycles. The molecule has 0 radical (unpaired) electrons. The molecule has 3 nitrogen and oxygen atoms in total. The van der Waals surface area contributed by atoms with Crippen LogP contribution in [-0.2, 0) is 6.42 Å². The molecule has 0 saturated heterocycles. The third kappa shape index (κ3) is 4.32. The molecule has 0 aliphatic heterocycles. The van der Waals surface area contributed by atoms with E-state index in [-0.39, 0.29) is 13.2 Å². The smallest absolute Gasteiger partial charge is 0.119 e. The topological polar surface area (TPSA) is 55.5 Å². The van der Waals surface area contributed by atoms with Crippen LogP contribution in [0.15, 0.2) is 24.3 Å². The fourth-order valence-corrected chi connectivity index (χ4v) is 1.30. The Hall–Kier alpha value is -1.06. The molecule has 3 heteroatoms. The van der Waals surface area contributed by atoms with Crippen LogP contribution in [0.2, 0.25) is 0 Å². The van der Waals surface area contributed by atoms with Gasteiger partial charge in [0.15, 0.2) is 0 Å². The van der Waals surface area contributed by atoms with Gasteiger partial charge in [0, 0.05) is 6.54 Å². The lowest BCUT2D eigenvalue weighted by Gasteiger charge is -2.10. The van der Waals surface area contributed by atoms with Crippen LogP contribution >= 0.6 is 0 Å². The molecule has 15 heavy (non-hydrogen) atoms. The highest BCUT2D eigenvalue weighted by Gasteiger charge is 2.01. The molecule has 1 unspecified atom stereocenters. The Morgan fingerprint density at radius 1 is 1.33 bits per heavy atom. The van der Waals surface area contributed by atoms with Crippen LogP contribution in [0.5, 0.6) is 5.75 Å². The second-order valence-corrected chi connectivity index (χ2v) is 3.59. The number of hydrogen-bond donors (Lipinski definition) is 2. The van der Waals surface area contributed by atoms with Crippen molar-refractivity contribution in [1.82, 2.24) is 0 Å². The average molecular weight is 209 g/mol. The van der Waals surface area contributed by atoms with E-state index in [9.17, 15) is 5.11 Å². The summed E-state index contributed by atoms with van der Waals surface area (Å²) in [5.41, 5.74) is 6.58. The number of aliphatic hydroxyl groups is 1. The molecule has 1 aromatic carbocycles. The first-order chi connectivity index (χ1) is 7.26. The first kappa shape index (κ1) is 12.0. The van der Waals surface area contributed by atoms with Crippen LogP contribution < -0.4 is 10.5 Å². The van der Waals surface area contributed by atoms with Gasteiger partial charge in [0.25, 0.3) is 0 Å². The van der Waals surface area contributed by atoms with E-state index < -0.39 is 6.10 Å². The zero-order valence-corrected chi connectivity index (χ0v) is 9.15. The van der Waals surface area contributed by atoms with Gasteiger partial charge in [-0.1, -0.05) is 25.5 Å². The van der Waals surface area contributed by atoms with Crippen molar-refractivity contribution in [2.24, 2.45) is 5.73 Å². The highest BCUT2D eigenvalue weighted by molar-refractivity contribution is 5.27. The van der Waals surface area contributed by atoms with Gasteiger partial charge in [0.1, 0.15) is 18.5 Å².